The van der Waals surface area contributed by atoms with E-state index in [-0.39, 0.29) is 25.7 Å². The minimum Gasteiger partial charge on any atom is -0.465 e. The van der Waals surface area contributed by atoms with E-state index in [9.17, 15) is 24.5 Å². The summed E-state index contributed by atoms with van der Waals surface area (Å²) >= 11 is 0. The van der Waals surface area contributed by atoms with Gasteiger partial charge in [0.1, 0.15) is 12.1 Å². The molecular weight excluding hydrogens is 458 g/mol. The second kappa shape index (κ2) is 14.9. The lowest BCUT2D eigenvalue weighted by atomic mass is 10.0. The van der Waals surface area contributed by atoms with Gasteiger partial charge in [-0.3, -0.25) is 14.9 Å². The first-order valence-corrected chi connectivity index (χ1v) is 12.0. The number of nitrogens with zero attached hydrogens (tertiary/aromatic N) is 2. The molecule has 0 aliphatic carbocycles. The fourth-order valence-electron chi connectivity index (χ4n) is 3.98. The Morgan fingerprint density at radius 3 is 2.57 bits per heavy atom. The Bertz CT molecular complexity index is 835. The first kappa shape index (κ1) is 28.0. The number of hydrogen-bond acceptors (Lipinski definition) is 9. The van der Waals surface area contributed by atoms with Crippen LogP contribution in [0.5, 0.6) is 0 Å². The molecule has 11 nitrogen and oxygen atoms in total. The maximum Gasteiger partial charge on any atom is 0.328 e. The van der Waals surface area contributed by atoms with Crippen LogP contribution in [0.15, 0.2) is 30.3 Å². The zero-order valence-corrected chi connectivity index (χ0v) is 20.4. The minimum absolute atomic E-state index is 0.0618. The summed E-state index contributed by atoms with van der Waals surface area (Å²) in [6.45, 7) is 4.10. The smallest absolute Gasteiger partial charge is 0.328 e. The van der Waals surface area contributed by atoms with Gasteiger partial charge >= 0.3 is 11.9 Å². The number of aryl methyl sites for hydroxylation is 1. The molecule has 0 unspecified atom stereocenters. The maximum absolute atomic E-state index is 13.2. The molecule has 194 valence electrons. The number of rotatable bonds is 15. The third-order valence-corrected chi connectivity index (χ3v) is 5.74. The van der Waals surface area contributed by atoms with Crippen LogP contribution in [0.4, 0.5) is 0 Å². The molecule has 35 heavy (non-hydrogen) atoms. The molecule has 2 rings (SSSR count). The molecule has 1 saturated heterocycles. The molecule has 1 aliphatic heterocycles. The monoisotopic (exact) mass is 493 g/mol. The van der Waals surface area contributed by atoms with Gasteiger partial charge in [0.05, 0.1) is 25.9 Å². The van der Waals surface area contributed by atoms with Crippen LogP contribution >= 0.6 is 0 Å². The van der Waals surface area contributed by atoms with Gasteiger partial charge in [0.25, 0.3) is 5.09 Å². The number of amides is 1. The van der Waals surface area contributed by atoms with Gasteiger partial charge in [-0.1, -0.05) is 30.3 Å². The van der Waals surface area contributed by atoms with E-state index in [0.29, 0.717) is 45.1 Å². The normalized spacial score (nSPS) is 16.9. The summed E-state index contributed by atoms with van der Waals surface area (Å²) in [5.74, 6) is -1.19. The quantitative estimate of drug-likeness (QED) is 0.168. The zero-order chi connectivity index (χ0) is 25.6. The molecule has 0 aromatic heterocycles. The molecule has 0 saturated carbocycles. The van der Waals surface area contributed by atoms with Crippen LogP contribution in [-0.4, -0.2) is 72.3 Å². The van der Waals surface area contributed by atoms with Crippen LogP contribution in [0, 0.1) is 10.1 Å². The molecule has 1 heterocycles. The van der Waals surface area contributed by atoms with Gasteiger partial charge in [0, 0.05) is 6.54 Å². The Balaban J connectivity index is 1.89. The number of benzene rings is 1. The Kier molecular flexibility index (Phi) is 12.0. The third-order valence-electron chi connectivity index (χ3n) is 5.74. The predicted molar refractivity (Wildman–Crippen MR) is 126 cm³/mol. The van der Waals surface area contributed by atoms with Crippen LogP contribution in [0.2, 0.25) is 0 Å². The summed E-state index contributed by atoms with van der Waals surface area (Å²) in [6, 6.07) is 7.69. The number of carbonyl (C=O) groups is 3. The summed E-state index contributed by atoms with van der Waals surface area (Å²) in [7, 11) is 0. The molecule has 3 atom stereocenters. The number of hydrogen-bond donors (Lipinski definition) is 1. The molecule has 1 fully saturated rings. The lowest BCUT2D eigenvalue weighted by Crippen LogP contribution is -2.53. The van der Waals surface area contributed by atoms with Crippen molar-refractivity contribution in [1.29, 1.82) is 0 Å². The third kappa shape index (κ3) is 9.51. The first-order chi connectivity index (χ1) is 16.8. The highest BCUT2D eigenvalue weighted by atomic mass is 16.9. The van der Waals surface area contributed by atoms with Crippen LogP contribution in [0.1, 0.15) is 51.5 Å². The molecule has 0 bridgehead atoms. The van der Waals surface area contributed by atoms with E-state index in [1.807, 2.05) is 30.3 Å². The van der Waals surface area contributed by atoms with Crippen LogP contribution in [-0.2, 0) is 35.1 Å². The van der Waals surface area contributed by atoms with Crippen molar-refractivity contribution in [2.45, 2.75) is 70.5 Å². The first-order valence-electron chi connectivity index (χ1n) is 12.0. The highest BCUT2D eigenvalue weighted by molar-refractivity contribution is 5.88. The molecule has 1 aromatic carbocycles. The highest BCUT2D eigenvalue weighted by Gasteiger charge is 2.38. The van der Waals surface area contributed by atoms with E-state index in [0.717, 1.165) is 5.56 Å². The van der Waals surface area contributed by atoms with E-state index in [1.165, 1.54) is 4.90 Å². The van der Waals surface area contributed by atoms with E-state index in [1.54, 1.807) is 13.8 Å². The number of carbonyl (C=O) groups excluding carboxylic acids is 3. The average molecular weight is 494 g/mol. The second-order valence-corrected chi connectivity index (χ2v) is 8.34. The van der Waals surface area contributed by atoms with E-state index < -0.39 is 35.2 Å². The molecule has 0 radical (unpaired) electrons. The number of unbranched alkanes of at least 4 members (excludes halogenated alkanes) is 1. The number of nitrogens with one attached hydrogen (secondary N) is 1. The highest BCUT2D eigenvalue weighted by Crippen LogP contribution is 2.20. The Morgan fingerprint density at radius 2 is 1.89 bits per heavy atom. The Labute approximate surface area is 205 Å². The van der Waals surface area contributed by atoms with Gasteiger partial charge in [-0.05, 0) is 57.9 Å². The number of esters is 2. The van der Waals surface area contributed by atoms with Crippen molar-refractivity contribution in [3.05, 3.63) is 46.0 Å². The summed E-state index contributed by atoms with van der Waals surface area (Å²) in [5.41, 5.74) is 1.08. The van der Waals surface area contributed by atoms with Crippen molar-refractivity contribution < 1.29 is 33.8 Å². The Hall–Kier alpha value is -3.21. The lowest BCUT2D eigenvalue weighted by Gasteiger charge is -2.28. The summed E-state index contributed by atoms with van der Waals surface area (Å²) in [5, 5.41) is 12.4. The van der Waals surface area contributed by atoms with Crippen molar-refractivity contribution >= 4 is 17.8 Å². The summed E-state index contributed by atoms with van der Waals surface area (Å²) in [4.78, 5) is 54.1. The summed E-state index contributed by atoms with van der Waals surface area (Å²) in [6.07, 6.45) is 3.07. The minimum atomic E-state index is -0.864. The van der Waals surface area contributed by atoms with Gasteiger partial charge < -0.3 is 19.2 Å². The molecule has 1 aromatic rings. The van der Waals surface area contributed by atoms with Crippen molar-refractivity contribution in [3.63, 3.8) is 0 Å². The maximum atomic E-state index is 13.2. The largest absolute Gasteiger partial charge is 0.465 e. The predicted octanol–water partition coefficient (Wildman–Crippen LogP) is 2.05. The topological polar surface area (TPSA) is 137 Å². The molecule has 11 heteroatoms. The Morgan fingerprint density at radius 1 is 1.17 bits per heavy atom. The van der Waals surface area contributed by atoms with Crippen molar-refractivity contribution in [3.8, 4) is 0 Å². The molecular formula is C24H35N3O8. The van der Waals surface area contributed by atoms with E-state index in [4.69, 9.17) is 9.47 Å². The zero-order valence-electron chi connectivity index (χ0n) is 20.4. The summed E-state index contributed by atoms with van der Waals surface area (Å²) < 4.78 is 10.5. The lowest BCUT2D eigenvalue weighted by molar-refractivity contribution is -0.757. The van der Waals surface area contributed by atoms with Gasteiger partial charge in [0.2, 0.25) is 5.91 Å². The van der Waals surface area contributed by atoms with Gasteiger partial charge in [-0.15, -0.1) is 10.1 Å². The van der Waals surface area contributed by atoms with Crippen LogP contribution < -0.4 is 5.32 Å². The number of ether oxygens (including phenoxy) is 2. The standard InChI is InChI=1S/C24H35N3O8/c1-3-33-23(29)20(14-13-19-10-5-4-6-11-19)25-18(2)22(28)26-15-9-12-21(26)24(30)34-16-7-8-17-35-27(31)32/h4-6,10-11,18,20-21,25H,3,7-9,12-17H2,1-2H3/t18-,20-,21-/m0/s1. The fraction of sp³-hybridized carbons (Fsp3) is 0.625. The van der Waals surface area contributed by atoms with Crippen molar-refractivity contribution in [2.24, 2.45) is 0 Å². The van der Waals surface area contributed by atoms with Crippen molar-refractivity contribution in [1.82, 2.24) is 10.2 Å². The fourth-order valence-corrected chi connectivity index (χ4v) is 3.98. The number of likely N-dealkylation sites (tertiary alicyclic amines) is 1. The SMILES string of the molecule is CCOC(=O)[C@H](CCc1ccccc1)N[C@@H](C)C(=O)N1CCC[C@H]1C(=O)OCCCCO[N+](=O)[O-]. The molecule has 1 N–H and O–H groups in total. The van der Waals surface area contributed by atoms with E-state index in [2.05, 4.69) is 10.2 Å². The van der Waals surface area contributed by atoms with Crippen LogP contribution in [0.3, 0.4) is 0 Å². The van der Waals surface area contributed by atoms with Crippen LogP contribution in [0.25, 0.3) is 0 Å². The van der Waals surface area contributed by atoms with Crippen molar-refractivity contribution in [2.75, 3.05) is 26.4 Å². The average Bonchev–Trinajstić information content (AvgIpc) is 3.33. The molecule has 1 amide bonds. The van der Waals surface area contributed by atoms with Gasteiger partial charge in [-0.2, -0.15) is 0 Å². The molecule has 0 spiro atoms. The van der Waals surface area contributed by atoms with Gasteiger partial charge in [-0.25, -0.2) is 4.79 Å². The molecule has 1 aliphatic rings. The second-order valence-electron chi connectivity index (χ2n) is 8.34. The van der Waals surface area contributed by atoms with E-state index >= 15 is 0 Å². The van der Waals surface area contributed by atoms with Gasteiger partial charge in [0.15, 0.2) is 0 Å².